The summed E-state index contributed by atoms with van der Waals surface area (Å²) in [5.41, 5.74) is 8.27. The summed E-state index contributed by atoms with van der Waals surface area (Å²) in [6, 6.07) is 22.6. The van der Waals surface area contributed by atoms with Crippen molar-refractivity contribution in [2.24, 2.45) is 0 Å². The Labute approximate surface area is 203 Å². The summed E-state index contributed by atoms with van der Waals surface area (Å²) >= 11 is 0. The fraction of sp³-hybridized carbons (Fsp3) is 0.0714. The molecule has 0 spiro atoms. The van der Waals surface area contributed by atoms with Crippen molar-refractivity contribution in [3.8, 4) is 0 Å². The molecule has 3 amide bonds. The van der Waals surface area contributed by atoms with E-state index in [4.69, 9.17) is 0 Å². The van der Waals surface area contributed by atoms with E-state index in [1.165, 1.54) is 0 Å². The van der Waals surface area contributed by atoms with E-state index in [9.17, 15) is 9.59 Å². The summed E-state index contributed by atoms with van der Waals surface area (Å²) in [4.78, 5) is 28.1. The summed E-state index contributed by atoms with van der Waals surface area (Å²) in [6.07, 6.45) is 3.67. The molecule has 0 aliphatic carbocycles. The van der Waals surface area contributed by atoms with Crippen molar-refractivity contribution in [3.05, 3.63) is 101 Å². The number of nitrogens with one attached hydrogen (secondary N) is 5. The fourth-order valence-electron chi connectivity index (χ4n) is 4.01. The highest BCUT2D eigenvalue weighted by Crippen LogP contribution is 2.36. The van der Waals surface area contributed by atoms with Crippen LogP contribution in [-0.4, -0.2) is 16.9 Å². The number of urea groups is 1. The molecule has 0 saturated carbocycles. The molecule has 0 atom stereocenters. The number of fused-ring (bicyclic) bond motifs is 1. The molecular weight excluding hydrogens is 438 g/mol. The molecule has 0 saturated heterocycles. The van der Waals surface area contributed by atoms with Crippen molar-refractivity contribution in [2.75, 3.05) is 21.3 Å². The minimum Gasteiger partial charge on any atom is -0.362 e. The number of anilines is 5. The van der Waals surface area contributed by atoms with Gasteiger partial charge in [-0.15, -0.1) is 0 Å². The maximum Gasteiger partial charge on any atom is 0.323 e. The summed E-state index contributed by atoms with van der Waals surface area (Å²) in [5.74, 6) is -0.131. The first kappa shape index (κ1) is 22.0. The Hall–Kier alpha value is -4.78. The predicted molar refractivity (Wildman–Crippen MR) is 142 cm³/mol. The number of amides is 3. The van der Waals surface area contributed by atoms with E-state index >= 15 is 0 Å². The largest absolute Gasteiger partial charge is 0.362 e. The van der Waals surface area contributed by atoms with Gasteiger partial charge in [0.25, 0.3) is 5.91 Å². The zero-order valence-electron chi connectivity index (χ0n) is 19.4. The van der Waals surface area contributed by atoms with Gasteiger partial charge in [-0.05, 0) is 79.6 Å². The Morgan fingerprint density at radius 1 is 0.857 bits per heavy atom. The highest BCUT2D eigenvalue weighted by molar-refractivity contribution is 6.35. The molecule has 1 aliphatic heterocycles. The standard InChI is InChI=1S/C28H25N5O2/c1-17-5-3-6-20(13-17)31-28(35)32-22-9-8-18(2)25(15-22)30-21-10-11-23-24(14-19-7-4-12-29-19)27(34)33-26(23)16-21/h3-16,29-30H,1-2H3,(H,33,34)(H2,31,32,35)/b24-14+. The van der Waals surface area contributed by atoms with Crippen LogP contribution in [0.5, 0.6) is 0 Å². The van der Waals surface area contributed by atoms with Gasteiger partial charge in [-0.1, -0.05) is 24.3 Å². The molecule has 2 heterocycles. The monoisotopic (exact) mass is 463 g/mol. The number of carbonyl (C=O) groups is 2. The molecule has 0 bridgehead atoms. The number of carbonyl (C=O) groups excluding carboxylic acids is 2. The molecule has 5 rings (SSSR count). The third kappa shape index (κ3) is 4.94. The van der Waals surface area contributed by atoms with Gasteiger partial charge in [0.05, 0.1) is 11.3 Å². The SMILES string of the molecule is Cc1cccc(NC(=O)Nc2ccc(C)c(Nc3ccc4c(c3)NC(=O)/C4=C/c3ccc[nH]3)c2)c1. The van der Waals surface area contributed by atoms with Gasteiger partial charge in [-0.2, -0.15) is 0 Å². The number of aromatic amines is 1. The summed E-state index contributed by atoms with van der Waals surface area (Å²) in [7, 11) is 0. The summed E-state index contributed by atoms with van der Waals surface area (Å²) in [5, 5.41) is 12.1. The smallest absolute Gasteiger partial charge is 0.323 e. The van der Waals surface area contributed by atoms with Crippen LogP contribution in [0.15, 0.2) is 79.0 Å². The number of rotatable bonds is 5. The Kier molecular flexibility index (Phi) is 5.81. The van der Waals surface area contributed by atoms with E-state index in [-0.39, 0.29) is 11.9 Å². The number of aryl methyl sites for hydroxylation is 2. The molecule has 3 aromatic carbocycles. The van der Waals surface area contributed by atoms with Crippen molar-refractivity contribution >= 4 is 52.0 Å². The maximum absolute atomic E-state index is 12.5. The van der Waals surface area contributed by atoms with Crippen LogP contribution >= 0.6 is 0 Å². The Balaban J connectivity index is 1.32. The zero-order valence-corrected chi connectivity index (χ0v) is 19.4. The first-order chi connectivity index (χ1) is 16.9. The van der Waals surface area contributed by atoms with Gasteiger partial charge in [0.2, 0.25) is 0 Å². The van der Waals surface area contributed by atoms with Gasteiger partial charge < -0.3 is 26.3 Å². The van der Waals surface area contributed by atoms with Gasteiger partial charge in [0.15, 0.2) is 0 Å². The van der Waals surface area contributed by atoms with Crippen molar-refractivity contribution < 1.29 is 9.59 Å². The van der Waals surface area contributed by atoms with Crippen molar-refractivity contribution in [1.82, 2.24) is 4.98 Å². The van der Waals surface area contributed by atoms with Crippen molar-refractivity contribution in [1.29, 1.82) is 0 Å². The van der Waals surface area contributed by atoms with Crippen LogP contribution in [0.3, 0.4) is 0 Å². The molecule has 0 radical (unpaired) electrons. The number of aromatic nitrogens is 1. The number of benzene rings is 3. The van der Waals surface area contributed by atoms with Crippen LogP contribution in [-0.2, 0) is 4.79 Å². The van der Waals surface area contributed by atoms with E-state index in [2.05, 4.69) is 26.3 Å². The normalized spacial score (nSPS) is 13.3. The van der Waals surface area contributed by atoms with Crippen LogP contribution in [0.1, 0.15) is 22.4 Å². The van der Waals surface area contributed by atoms with Gasteiger partial charge in [-0.25, -0.2) is 4.79 Å². The molecule has 7 heteroatoms. The molecule has 7 nitrogen and oxygen atoms in total. The number of H-pyrrole nitrogens is 1. The lowest BCUT2D eigenvalue weighted by atomic mass is 10.1. The first-order valence-electron chi connectivity index (χ1n) is 11.3. The van der Waals surface area contributed by atoms with E-state index < -0.39 is 0 Å². The highest BCUT2D eigenvalue weighted by Gasteiger charge is 2.24. The molecule has 0 unspecified atom stereocenters. The van der Waals surface area contributed by atoms with Gasteiger partial charge in [0, 0.05) is 40.2 Å². The van der Waals surface area contributed by atoms with E-state index in [1.807, 2.05) is 98.9 Å². The molecule has 0 fully saturated rings. The minimum absolute atomic E-state index is 0.131. The number of hydrogen-bond acceptors (Lipinski definition) is 3. The van der Waals surface area contributed by atoms with E-state index in [0.717, 1.165) is 45.1 Å². The van der Waals surface area contributed by atoms with E-state index in [0.29, 0.717) is 11.3 Å². The zero-order chi connectivity index (χ0) is 24.4. The van der Waals surface area contributed by atoms with Crippen LogP contribution in [0.25, 0.3) is 11.6 Å². The second-order valence-electron chi connectivity index (χ2n) is 8.50. The lowest BCUT2D eigenvalue weighted by molar-refractivity contribution is -0.110. The lowest BCUT2D eigenvalue weighted by Crippen LogP contribution is -2.19. The second kappa shape index (κ2) is 9.23. The van der Waals surface area contributed by atoms with Gasteiger partial charge in [0.1, 0.15) is 0 Å². The maximum atomic E-state index is 12.5. The van der Waals surface area contributed by atoms with Crippen LogP contribution < -0.4 is 21.3 Å². The highest BCUT2D eigenvalue weighted by atomic mass is 16.2. The molecule has 4 aromatic rings. The third-order valence-corrected chi connectivity index (χ3v) is 5.77. The van der Waals surface area contributed by atoms with Gasteiger partial charge in [-0.3, -0.25) is 4.79 Å². The van der Waals surface area contributed by atoms with Crippen LogP contribution in [0.4, 0.5) is 33.2 Å². The lowest BCUT2D eigenvalue weighted by Gasteiger charge is -2.14. The quantitative estimate of drug-likeness (QED) is 0.218. The molecule has 5 N–H and O–H groups in total. The predicted octanol–water partition coefficient (Wildman–Crippen LogP) is 6.51. The summed E-state index contributed by atoms with van der Waals surface area (Å²) < 4.78 is 0. The minimum atomic E-state index is -0.313. The Bertz CT molecular complexity index is 1450. The molecule has 1 aromatic heterocycles. The first-order valence-corrected chi connectivity index (χ1v) is 11.3. The Morgan fingerprint density at radius 3 is 2.43 bits per heavy atom. The average molecular weight is 464 g/mol. The van der Waals surface area contributed by atoms with Crippen molar-refractivity contribution in [2.45, 2.75) is 13.8 Å². The molecule has 35 heavy (non-hydrogen) atoms. The van der Waals surface area contributed by atoms with Gasteiger partial charge >= 0.3 is 6.03 Å². The molecule has 174 valence electrons. The summed E-state index contributed by atoms with van der Waals surface area (Å²) in [6.45, 7) is 3.97. The van der Waals surface area contributed by atoms with Crippen LogP contribution in [0.2, 0.25) is 0 Å². The number of hydrogen-bond donors (Lipinski definition) is 5. The molecular formula is C28H25N5O2. The average Bonchev–Trinajstić information content (AvgIpc) is 3.44. The van der Waals surface area contributed by atoms with E-state index in [1.54, 1.807) is 0 Å². The molecule has 1 aliphatic rings. The fourth-order valence-corrected chi connectivity index (χ4v) is 4.01. The second-order valence-corrected chi connectivity index (χ2v) is 8.50. The Morgan fingerprint density at radius 2 is 1.66 bits per heavy atom. The third-order valence-electron chi connectivity index (χ3n) is 5.77. The topological polar surface area (TPSA) is 98.0 Å². The van der Waals surface area contributed by atoms with Crippen molar-refractivity contribution in [3.63, 3.8) is 0 Å². The van der Waals surface area contributed by atoms with Crippen LogP contribution in [0, 0.1) is 13.8 Å².